The van der Waals surface area contributed by atoms with E-state index in [2.05, 4.69) is 4.98 Å². The van der Waals surface area contributed by atoms with Crippen LogP contribution in [-0.2, 0) is 42.9 Å². The number of aliphatic hydroxyl groups is 1. The van der Waals surface area contributed by atoms with Crippen LogP contribution in [0.5, 0.6) is 0 Å². The van der Waals surface area contributed by atoms with Gasteiger partial charge in [-0.2, -0.15) is 0 Å². The van der Waals surface area contributed by atoms with E-state index >= 15 is 0 Å². The molecule has 2 aromatic rings. The fourth-order valence-corrected chi connectivity index (χ4v) is 4.33. The minimum atomic E-state index is -1.37. The van der Waals surface area contributed by atoms with Gasteiger partial charge in [0.1, 0.15) is 24.9 Å². The van der Waals surface area contributed by atoms with Crippen molar-refractivity contribution in [3.8, 4) is 0 Å². The van der Waals surface area contributed by atoms with Crippen LogP contribution in [0.3, 0.4) is 0 Å². The highest BCUT2D eigenvalue weighted by atomic mass is 16.7. The number of H-pyrrole nitrogens is 1. The number of carbonyl (C=O) groups is 4. The Morgan fingerprint density at radius 2 is 1.54 bits per heavy atom. The van der Waals surface area contributed by atoms with E-state index in [4.69, 9.17) is 23.7 Å². The normalized spacial score (nSPS) is 24.9. The van der Waals surface area contributed by atoms with Crippen LogP contribution in [0, 0.1) is 6.92 Å². The highest BCUT2D eigenvalue weighted by molar-refractivity contribution is 5.86. The Morgan fingerprint density at radius 3 is 2.14 bits per heavy atom. The molecule has 0 saturated carbocycles. The number of carbonyl (C=O) groups excluding carboxylic acids is 4. The van der Waals surface area contributed by atoms with Crippen molar-refractivity contribution in [2.75, 3.05) is 6.61 Å². The van der Waals surface area contributed by atoms with E-state index in [-0.39, 0.29) is 6.61 Å². The lowest BCUT2D eigenvalue weighted by atomic mass is 9.88. The van der Waals surface area contributed by atoms with Crippen molar-refractivity contribution in [2.24, 2.45) is 0 Å². The first-order valence-corrected chi connectivity index (χ1v) is 11.0. The van der Waals surface area contributed by atoms with Gasteiger partial charge in [-0.05, 0) is 18.6 Å². The number of esters is 4. The molecule has 0 radical (unpaired) electrons. The van der Waals surface area contributed by atoms with E-state index in [1.54, 1.807) is 6.20 Å². The van der Waals surface area contributed by atoms with Crippen LogP contribution >= 0.6 is 0 Å². The van der Waals surface area contributed by atoms with Crippen molar-refractivity contribution >= 4 is 34.8 Å². The molecule has 1 fully saturated rings. The lowest BCUT2D eigenvalue weighted by molar-refractivity contribution is -0.266. The molecule has 6 atom stereocenters. The van der Waals surface area contributed by atoms with E-state index in [1.165, 1.54) is 6.92 Å². The Labute approximate surface area is 201 Å². The van der Waals surface area contributed by atoms with Crippen LogP contribution in [-0.4, -0.2) is 71.1 Å². The molecule has 2 heterocycles. The molecule has 11 nitrogen and oxygen atoms in total. The van der Waals surface area contributed by atoms with Gasteiger partial charge in [0.25, 0.3) is 0 Å². The van der Waals surface area contributed by atoms with Crippen molar-refractivity contribution in [1.29, 1.82) is 0 Å². The molecule has 1 aromatic heterocycles. The average Bonchev–Trinajstić information content (AvgIpc) is 3.19. The summed E-state index contributed by atoms with van der Waals surface area (Å²) >= 11 is 0. The number of fused-ring (bicyclic) bond motifs is 1. The molecule has 0 amide bonds. The summed E-state index contributed by atoms with van der Waals surface area (Å²) in [5, 5.41) is 12.2. The number of aryl methyl sites for hydroxylation is 1. The summed E-state index contributed by atoms with van der Waals surface area (Å²) in [4.78, 5) is 50.4. The number of aliphatic hydroxyl groups excluding tert-OH is 1. The van der Waals surface area contributed by atoms with Gasteiger partial charge >= 0.3 is 23.9 Å². The van der Waals surface area contributed by atoms with E-state index < -0.39 is 60.5 Å². The Morgan fingerprint density at radius 1 is 0.943 bits per heavy atom. The van der Waals surface area contributed by atoms with E-state index in [0.29, 0.717) is 5.56 Å². The molecule has 3 rings (SSSR count). The molecule has 1 aliphatic rings. The first-order valence-electron chi connectivity index (χ1n) is 11.0. The van der Waals surface area contributed by atoms with Crippen LogP contribution in [0.25, 0.3) is 10.9 Å². The number of hydrogen-bond acceptors (Lipinski definition) is 10. The monoisotopic (exact) mass is 491 g/mol. The molecular weight excluding hydrogens is 462 g/mol. The van der Waals surface area contributed by atoms with Crippen LogP contribution in [0.4, 0.5) is 0 Å². The van der Waals surface area contributed by atoms with Gasteiger partial charge in [0.05, 0.1) is 0 Å². The molecule has 1 unspecified atom stereocenters. The molecule has 0 bridgehead atoms. The summed E-state index contributed by atoms with van der Waals surface area (Å²) in [5.41, 5.74) is 2.10. The van der Waals surface area contributed by atoms with Crippen LogP contribution in [0.1, 0.15) is 44.9 Å². The minimum absolute atomic E-state index is 0.367. The lowest BCUT2D eigenvalue weighted by Gasteiger charge is -2.45. The number of rotatable bonds is 7. The topological polar surface area (TPSA) is 150 Å². The Hall–Kier alpha value is -3.44. The third-order valence-corrected chi connectivity index (χ3v) is 5.60. The summed E-state index contributed by atoms with van der Waals surface area (Å²) in [6.07, 6.45) is -6.15. The summed E-state index contributed by atoms with van der Waals surface area (Å²) in [6, 6.07) is 5.57. The van der Waals surface area contributed by atoms with E-state index in [9.17, 15) is 24.3 Å². The fourth-order valence-electron chi connectivity index (χ4n) is 4.33. The minimum Gasteiger partial charge on any atom is -0.463 e. The van der Waals surface area contributed by atoms with Crippen LogP contribution in [0.15, 0.2) is 24.4 Å². The average molecular weight is 491 g/mol. The van der Waals surface area contributed by atoms with Crippen molar-refractivity contribution in [2.45, 2.75) is 71.2 Å². The molecule has 11 heteroatoms. The quantitative estimate of drug-likeness (QED) is 0.432. The number of ether oxygens (including phenoxy) is 5. The third kappa shape index (κ3) is 5.98. The third-order valence-electron chi connectivity index (χ3n) is 5.60. The summed E-state index contributed by atoms with van der Waals surface area (Å²) in [5.74, 6) is -2.82. The molecule has 0 spiro atoms. The standard InChI is InChI=1S/C24H29NO10/c1-11-7-6-8-17-19(11)16(9-25-17)20(30)22-24(34-15(5)29)23(33-14(4)28)21(32-13(3)27)18(35-22)10-31-12(2)26/h6-9,18,20-25,30H,10H2,1-5H3/t18-,20?,21-,22+,23+,24+/m1/s1. The zero-order chi connectivity index (χ0) is 25.9. The van der Waals surface area contributed by atoms with Crippen LogP contribution < -0.4 is 0 Å². The maximum absolute atomic E-state index is 12.0. The SMILES string of the molecule is CC(=O)OC[C@H]1O[C@@H](C(O)c2c[nH]c3cccc(C)c23)[C@H](OC(C)=O)[C@@H](OC(C)=O)[C@@H]1OC(C)=O. The first-order chi connectivity index (χ1) is 16.5. The Bertz CT molecular complexity index is 1110. The molecule has 1 aromatic carbocycles. The largest absolute Gasteiger partial charge is 0.463 e. The van der Waals surface area contributed by atoms with Gasteiger partial charge in [-0.1, -0.05) is 12.1 Å². The summed E-state index contributed by atoms with van der Waals surface area (Å²) in [6.45, 7) is 6.13. The number of aromatic amines is 1. The van der Waals surface area contributed by atoms with Gasteiger partial charge in [0.2, 0.25) is 0 Å². The highest BCUT2D eigenvalue weighted by Crippen LogP contribution is 2.38. The van der Waals surface area contributed by atoms with Gasteiger partial charge in [0.15, 0.2) is 18.3 Å². The maximum Gasteiger partial charge on any atom is 0.303 e. The molecular formula is C24H29NO10. The Balaban J connectivity index is 2.10. The molecule has 2 N–H and O–H groups in total. The van der Waals surface area contributed by atoms with Crippen molar-refractivity contribution in [3.05, 3.63) is 35.5 Å². The predicted molar refractivity (Wildman–Crippen MR) is 120 cm³/mol. The smallest absolute Gasteiger partial charge is 0.303 e. The number of benzene rings is 1. The van der Waals surface area contributed by atoms with Gasteiger partial charge in [-0.3, -0.25) is 19.2 Å². The zero-order valence-electron chi connectivity index (χ0n) is 20.1. The molecule has 1 aliphatic heterocycles. The molecule has 190 valence electrons. The van der Waals surface area contributed by atoms with Crippen molar-refractivity contribution in [3.63, 3.8) is 0 Å². The number of nitrogens with one attached hydrogen (secondary N) is 1. The number of aromatic nitrogens is 1. The zero-order valence-corrected chi connectivity index (χ0v) is 20.1. The molecule has 1 saturated heterocycles. The lowest BCUT2D eigenvalue weighted by Crippen LogP contribution is -2.63. The predicted octanol–water partition coefficient (Wildman–Crippen LogP) is 1.64. The first kappa shape index (κ1) is 26.2. The highest BCUT2D eigenvalue weighted by Gasteiger charge is 2.54. The molecule has 0 aliphatic carbocycles. The second-order valence-corrected chi connectivity index (χ2v) is 8.35. The fraction of sp³-hybridized carbons (Fsp3) is 0.500. The van der Waals surface area contributed by atoms with Crippen molar-refractivity contribution in [1.82, 2.24) is 4.98 Å². The maximum atomic E-state index is 12.0. The number of hydrogen-bond donors (Lipinski definition) is 2. The molecule has 35 heavy (non-hydrogen) atoms. The van der Waals surface area contributed by atoms with Gasteiger partial charge in [-0.15, -0.1) is 0 Å². The Kier molecular flexibility index (Phi) is 8.13. The summed E-state index contributed by atoms with van der Waals surface area (Å²) in [7, 11) is 0. The van der Waals surface area contributed by atoms with Gasteiger partial charge in [0, 0.05) is 50.4 Å². The van der Waals surface area contributed by atoms with Crippen molar-refractivity contribution < 1.29 is 48.0 Å². The van der Waals surface area contributed by atoms with Gasteiger partial charge in [-0.25, -0.2) is 0 Å². The van der Waals surface area contributed by atoms with Gasteiger partial charge < -0.3 is 33.8 Å². The van der Waals surface area contributed by atoms with E-state index in [1.807, 2.05) is 25.1 Å². The second-order valence-electron chi connectivity index (χ2n) is 8.35. The van der Waals surface area contributed by atoms with Crippen LogP contribution in [0.2, 0.25) is 0 Å². The second kappa shape index (κ2) is 10.9. The van der Waals surface area contributed by atoms with E-state index in [0.717, 1.165) is 37.2 Å². The summed E-state index contributed by atoms with van der Waals surface area (Å²) < 4.78 is 27.4.